The second-order valence-electron chi connectivity index (χ2n) is 7.91. The summed E-state index contributed by atoms with van der Waals surface area (Å²) in [5.74, 6) is -0.747. The molecule has 0 spiro atoms. The molecule has 172 valence electrons. The lowest BCUT2D eigenvalue weighted by Crippen LogP contribution is -2.36. The van der Waals surface area contributed by atoms with Gasteiger partial charge >= 0.3 is 0 Å². The molecule has 2 heterocycles. The van der Waals surface area contributed by atoms with Gasteiger partial charge in [0.05, 0.1) is 21.7 Å². The van der Waals surface area contributed by atoms with Crippen molar-refractivity contribution >= 4 is 44.5 Å². The fraction of sp³-hybridized carbons (Fsp3) is 0.250. The van der Waals surface area contributed by atoms with E-state index in [2.05, 4.69) is 10.6 Å². The maximum absolute atomic E-state index is 13.2. The summed E-state index contributed by atoms with van der Waals surface area (Å²) < 4.78 is 27.9. The number of amides is 2. The van der Waals surface area contributed by atoms with Crippen molar-refractivity contribution < 1.29 is 18.0 Å². The number of sulfonamides is 1. The Bertz CT molecular complexity index is 1260. The summed E-state index contributed by atoms with van der Waals surface area (Å²) in [4.78, 5) is 25.7. The average molecular weight is 484 g/mol. The number of hydrogen-bond donors (Lipinski definition) is 2. The minimum atomic E-state index is -3.64. The van der Waals surface area contributed by atoms with E-state index >= 15 is 0 Å². The Morgan fingerprint density at radius 1 is 0.939 bits per heavy atom. The van der Waals surface area contributed by atoms with Gasteiger partial charge in [-0.15, -0.1) is 0 Å². The Hall–Kier alpha value is -3.01. The summed E-state index contributed by atoms with van der Waals surface area (Å²) in [6.45, 7) is 2.77. The summed E-state index contributed by atoms with van der Waals surface area (Å²) in [5.41, 5.74) is 2.17. The van der Waals surface area contributed by atoms with Gasteiger partial charge in [-0.05, 0) is 61.0 Å². The van der Waals surface area contributed by atoms with E-state index in [1.165, 1.54) is 21.7 Å². The predicted molar refractivity (Wildman–Crippen MR) is 130 cm³/mol. The molecule has 0 unspecified atom stereocenters. The molecule has 9 heteroatoms. The highest BCUT2D eigenvalue weighted by molar-refractivity contribution is 7.89. The van der Waals surface area contributed by atoms with Crippen LogP contribution in [0.15, 0.2) is 64.2 Å². The lowest BCUT2D eigenvalue weighted by molar-refractivity contribution is 0.102. The van der Waals surface area contributed by atoms with Gasteiger partial charge in [-0.1, -0.05) is 24.6 Å². The van der Waals surface area contributed by atoms with Gasteiger partial charge in [0, 0.05) is 24.2 Å². The highest BCUT2D eigenvalue weighted by atomic mass is 32.2. The molecule has 0 aliphatic carbocycles. The molecule has 1 saturated heterocycles. The zero-order valence-electron chi connectivity index (χ0n) is 18.2. The first kappa shape index (κ1) is 23.2. The molecule has 4 rings (SSSR count). The van der Waals surface area contributed by atoms with Gasteiger partial charge < -0.3 is 10.6 Å². The molecule has 3 aromatic rings. The van der Waals surface area contributed by atoms with Gasteiger partial charge in [-0.25, -0.2) is 8.42 Å². The Morgan fingerprint density at radius 2 is 1.70 bits per heavy atom. The largest absolute Gasteiger partial charge is 0.322 e. The molecule has 0 saturated carbocycles. The minimum Gasteiger partial charge on any atom is -0.322 e. The summed E-state index contributed by atoms with van der Waals surface area (Å²) in [6.07, 6.45) is 2.73. The van der Waals surface area contributed by atoms with E-state index < -0.39 is 15.9 Å². The van der Waals surface area contributed by atoms with E-state index in [1.54, 1.807) is 60.1 Å². The molecule has 7 nitrogen and oxygen atoms in total. The molecule has 1 fully saturated rings. The molecular formula is C24H25N3O4S2. The minimum absolute atomic E-state index is 0.196. The predicted octanol–water partition coefficient (Wildman–Crippen LogP) is 4.74. The molecule has 33 heavy (non-hydrogen) atoms. The van der Waals surface area contributed by atoms with Crippen molar-refractivity contribution in [1.29, 1.82) is 0 Å². The maximum Gasteiger partial charge on any atom is 0.257 e. The van der Waals surface area contributed by atoms with E-state index in [1.807, 2.05) is 0 Å². The normalized spacial score (nSPS) is 14.6. The monoisotopic (exact) mass is 483 g/mol. The van der Waals surface area contributed by atoms with E-state index in [4.69, 9.17) is 0 Å². The van der Waals surface area contributed by atoms with E-state index in [0.717, 1.165) is 19.3 Å². The lowest BCUT2D eigenvalue weighted by atomic mass is 10.1. The van der Waals surface area contributed by atoms with Crippen LogP contribution in [0.1, 0.15) is 45.5 Å². The highest BCUT2D eigenvalue weighted by Crippen LogP contribution is 2.27. The number of piperidine rings is 1. The summed E-state index contributed by atoms with van der Waals surface area (Å²) in [5, 5.41) is 9.09. The van der Waals surface area contributed by atoms with Crippen LogP contribution in [0.25, 0.3) is 0 Å². The third-order valence-corrected chi connectivity index (χ3v) is 8.31. The number of carbonyl (C=O) groups is 2. The fourth-order valence-electron chi connectivity index (χ4n) is 3.78. The quantitative estimate of drug-likeness (QED) is 0.530. The number of thiophene rings is 1. The standard InChI is InChI=1S/C24H25N3O4S2/c1-17-9-10-19(15-22(17)33(30,31)27-12-5-2-6-13-27)25-24(29)20-7-3-4-8-21(20)26-23(28)18-11-14-32-16-18/h3-4,7-11,14-16H,2,5-6,12-13H2,1H3,(H,25,29)(H,26,28). The molecule has 1 aliphatic rings. The number of aryl methyl sites for hydroxylation is 1. The Balaban J connectivity index is 1.56. The van der Waals surface area contributed by atoms with Crippen molar-refractivity contribution in [1.82, 2.24) is 4.31 Å². The van der Waals surface area contributed by atoms with Crippen molar-refractivity contribution in [3.05, 3.63) is 76.0 Å². The molecule has 2 aromatic carbocycles. The first-order valence-corrected chi connectivity index (χ1v) is 13.1. The van der Waals surface area contributed by atoms with Crippen LogP contribution >= 0.6 is 11.3 Å². The number of carbonyl (C=O) groups excluding carboxylic acids is 2. The molecule has 1 aromatic heterocycles. The first-order valence-electron chi connectivity index (χ1n) is 10.7. The van der Waals surface area contributed by atoms with Gasteiger partial charge in [-0.2, -0.15) is 15.6 Å². The lowest BCUT2D eigenvalue weighted by Gasteiger charge is -2.26. The zero-order valence-corrected chi connectivity index (χ0v) is 19.8. The number of anilines is 2. The number of rotatable bonds is 6. The highest BCUT2D eigenvalue weighted by Gasteiger charge is 2.27. The van der Waals surface area contributed by atoms with Crippen LogP contribution in [0.5, 0.6) is 0 Å². The van der Waals surface area contributed by atoms with Crippen molar-refractivity contribution in [3.63, 3.8) is 0 Å². The molecule has 0 bridgehead atoms. The number of para-hydroxylation sites is 1. The number of nitrogens with one attached hydrogen (secondary N) is 2. The van der Waals surface area contributed by atoms with Crippen LogP contribution in [-0.2, 0) is 10.0 Å². The van der Waals surface area contributed by atoms with Gasteiger partial charge in [0.25, 0.3) is 11.8 Å². The summed E-state index contributed by atoms with van der Waals surface area (Å²) >= 11 is 1.41. The van der Waals surface area contributed by atoms with Crippen LogP contribution in [0, 0.1) is 6.92 Å². The fourth-order valence-corrected chi connectivity index (χ4v) is 6.18. The molecule has 1 aliphatic heterocycles. The molecule has 2 N–H and O–H groups in total. The van der Waals surface area contributed by atoms with Crippen molar-refractivity contribution in [2.45, 2.75) is 31.1 Å². The van der Waals surface area contributed by atoms with Gasteiger partial charge in [0.15, 0.2) is 0 Å². The van der Waals surface area contributed by atoms with Gasteiger partial charge in [0.2, 0.25) is 10.0 Å². The smallest absolute Gasteiger partial charge is 0.257 e. The van der Waals surface area contributed by atoms with Crippen molar-refractivity contribution in [2.75, 3.05) is 23.7 Å². The van der Waals surface area contributed by atoms with Crippen LogP contribution < -0.4 is 10.6 Å². The van der Waals surface area contributed by atoms with Crippen LogP contribution in [0.3, 0.4) is 0 Å². The molecule has 0 radical (unpaired) electrons. The Labute approximate surface area is 197 Å². The van der Waals surface area contributed by atoms with Crippen molar-refractivity contribution in [2.24, 2.45) is 0 Å². The van der Waals surface area contributed by atoms with Crippen LogP contribution in [0.4, 0.5) is 11.4 Å². The third-order valence-electron chi connectivity index (χ3n) is 5.58. The van der Waals surface area contributed by atoms with Crippen LogP contribution in [0.2, 0.25) is 0 Å². The van der Waals surface area contributed by atoms with E-state index in [-0.39, 0.29) is 16.4 Å². The summed E-state index contributed by atoms with van der Waals surface area (Å²) in [6, 6.07) is 13.3. The first-order chi connectivity index (χ1) is 15.9. The van der Waals surface area contributed by atoms with E-state index in [9.17, 15) is 18.0 Å². The maximum atomic E-state index is 13.2. The SMILES string of the molecule is Cc1ccc(NC(=O)c2ccccc2NC(=O)c2ccsc2)cc1S(=O)(=O)N1CCCCC1. The van der Waals surface area contributed by atoms with Crippen molar-refractivity contribution in [3.8, 4) is 0 Å². The van der Waals surface area contributed by atoms with E-state index in [0.29, 0.717) is 35.6 Å². The third kappa shape index (κ3) is 5.16. The Kier molecular flexibility index (Phi) is 6.92. The second-order valence-corrected chi connectivity index (χ2v) is 10.6. The van der Waals surface area contributed by atoms with Crippen LogP contribution in [-0.4, -0.2) is 37.6 Å². The molecule has 0 atom stereocenters. The molecular weight excluding hydrogens is 458 g/mol. The average Bonchev–Trinajstić information content (AvgIpc) is 3.36. The number of benzene rings is 2. The zero-order chi connectivity index (χ0) is 23.4. The van der Waals surface area contributed by atoms with Gasteiger partial charge in [0.1, 0.15) is 0 Å². The van der Waals surface area contributed by atoms with Gasteiger partial charge in [-0.3, -0.25) is 9.59 Å². The number of nitrogens with zero attached hydrogens (tertiary/aromatic N) is 1. The second kappa shape index (κ2) is 9.86. The molecule has 2 amide bonds. The number of hydrogen-bond acceptors (Lipinski definition) is 5. The topological polar surface area (TPSA) is 95.6 Å². The summed E-state index contributed by atoms with van der Waals surface area (Å²) in [7, 11) is -3.64. The Morgan fingerprint density at radius 3 is 2.42 bits per heavy atom.